The first-order valence-electron chi connectivity index (χ1n) is 17.6. The molecule has 1 aliphatic heterocycles. The van der Waals surface area contributed by atoms with E-state index >= 15 is 0 Å². The number of sulfonamides is 1. The molecular weight excluding hydrogens is 738 g/mol. The molecule has 5 atom stereocenters. The molecule has 1 fully saturated rings. The van der Waals surface area contributed by atoms with Crippen molar-refractivity contribution >= 4 is 50.7 Å². The van der Waals surface area contributed by atoms with Crippen LogP contribution in [0.4, 0.5) is 18.9 Å². The van der Waals surface area contributed by atoms with Crippen molar-refractivity contribution in [1.82, 2.24) is 24.8 Å². The summed E-state index contributed by atoms with van der Waals surface area (Å²) in [6, 6.07) is 3.42. The first-order chi connectivity index (χ1) is 24.8. The largest absolute Gasteiger partial charge is 0.471 e. The number of likely N-dealkylation sites (N-methyl/N-ethyl adjacent to an activating group) is 2. The van der Waals surface area contributed by atoms with Gasteiger partial charge < -0.3 is 20.3 Å². The Hall–Kier alpha value is -3.61. The van der Waals surface area contributed by atoms with Gasteiger partial charge in [0.1, 0.15) is 22.8 Å². The third kappa shape index (κ3) is 12.5. The quantitative estimate of drug-likeness (QED) is 0.203. The fourth-order valence-corrected chi connectivity index (χ4v) is 8.13. The number of carbonyl (C=O) groups is 4. The molecule has 0 unspecified atom stereocenters. The number of ether oxygens (including phenoxy) is 1. The molecule has 2 heterocycles. The molecule has 3 N–H and O–H groups in total. The van der Waals surface area contributed by atoms with Crippen molar-refractivity contribution in [2.75, 3.05) is 32.6 Å². The van der Waals surface area contributed by atoms with E-state index in [0.29, 0.717) is 17.8 Å². The maximum absolute atomic E-state index is 14.1. The number of anilines is 1. The summed E-state index contributed by atoms with van der Waals surface area (Å²) < 4.78 is 71.6. The Morgan fingerprint density at radius 1 is 1.13 bits per heavy atom. The number of rotatable bonds is 17. The van der Waals surface area contributed by atoms with Gasteiger partial charge in [0.2, 0.25) is 21.8 Å². The van der Waals surface area contributed by atoms with Gasteiger partial charge >= 0.3 is 12.1 Å². The summed E-state index contributed by atoms with van der Waals surface area (Å²) in [6.07, 6.45) is -2.12. The standard InChI is InChI=1S/C35H51F3N6O7S2/c1-8-22(5)29(41-31(46)26-15-10-11-16-43(26)6)33(47)44(7)27(21(3)4)18-28(51-9-2)32-40-25(19-52-32)30(45)42-53(49,50)20-23-13-12-14-24(17-23)39-34(48)35(36,37)38/h12-14,17,19,21-22,26-29H,8-11,15-16,18,20H2,1-7H3,(H,39,48)(H,41,46)(H,42,45)/t22-,26+,27+,28+,29-/m0/s1. The Kier molecular flexibility index (Phi) is 15.8. The number of halogens is 3. The molecule has 13 nitrogen and oxygen atoms in total. The fourth-order valence-electron chi connectivity index (χ4n) is 6.19. The van der Waals surface area contributed by atoms with Gasteiger partial charge in [-0.3, -0.25) is 24.1 Å². The van der Waals surface area contributed by atoms with Gasteiger partial charge in [0, 0.05) is 37.2 Å². The van der Waals surface area contributed by atoms with Gasteiger partial charge in [0.25, 0.3) is 5.91 Å². The third-order valence-corrected chi connectivity index (χ3v) is 11.5. The fraction of sp³-hybridized carbons (Fsp3) is 0.629. The van der Waals surface area contributed by atoms with Gasteiger partial charge in [-0.1, -0.05) is 52.7 Å². The van der Waals surface area contributed by atoms with Crippen molar-refractivity contribution in [3.05, 3.63) is 45.9 Å². The number of nitrogens with one attached hydrogen (secondary N) is 3. The molecule has 0 spiro atoms. The highest BCUT2D eigenvalue weighted by Crippen LogP contribution is 2.31. The average Bonchev–Trinajstić information content (AvgIpc) is 3.58. The summed E-state index contributed by atoms with van der Waals surface area (Å²) >= 11 is 1.09. The van der Waals surface area contributed by atoms with E-state index in [0.717, 1.165) is 43.2 Å². The number of piperidine rings is 1. The van der Waals surface area contributed by atoms with Gasteiger partial charge in [-0.05, 0) is 62.9 Å². The van der Waals surface area contributed by atoms with Crippen LogP contribution in [-0.2, 0) is 34.9 Å². The molecule has 2 aromatic rings. The topological polar surface area (TPSA) is 167 Å². The van der Waals surface area contributed by atoms with Crippen LogP contribution in [0.3, 0.4) is 0 Å². The number of hydrogen-bond donors (Lipinski definition) is 3. The van der Waals surface area contributed by atoms with Gasteiger partial charge in [-0.2, -0.15) is 13.2 Å². The van der Waals surface area contributed by atoms with Crippen LogP contribution in [0, 0.1) is 11.8 Å². The van der Waals surface area contributed by atoms with Crippen LogP contribution in [0.1, 0.15) is 93.9 Å². The lowest BCUT2D eigenvalue weighted by molar-refractivity contribution is -0.167. The number of benzene rings is 1. The number of likely N-dealkylation sites (tertiary alicyclic amines) is 1. The van der Waals surface area contributed by atoms with Gasteiger partial charge in [-0.25, -0.2) is 18.1 Å². The molecule has 18 heteroatoms. The zero-order chi connectivity index (χ0) is 39.7. The van der Waals surface area contributed by atoms with Crippen molar-refractivity contribution < 1.29 is 45.5 Å². The Bertz CT molecular complexity index is 1690. The van der Waals surface area contributed by atoms with E-state index in [1.165, 1.54) is 23.6 Å². The lowest BCUT2D eigenvalue weighted by Crippen LogP contribution is -2.58. The Balaban J connectivity index is 1.74. The Morgan fingerprint density at radius 3 is 2.43 bits per heavy atom. The SMILES string of the molecule is CCO[C@H](C[C@H](C(C)C)N(C)C(=O)[C@@H](NC(=O)[C@H]1CCCCN1C)[C@@H](C)CC)c1nc(C(=O)NS(=O)(=O)Cc2cccc(NC(=O)C(F)(F)F)c2)cs1. The van der Waals surface area contributed by atoms with Crippen LogP contribution in [0.15, 0.2) is 29.6 Å². The van der Waals surface area contributed by atoms with Crippen molar-refractivity contribution in [3.8, 4) is 0 Å². The zero-order valence-electron chi connectivity index (χ0n) is 31.2. The summed E-state index contributed by atoms with van der Waals surface area (Å²) in [5, 5.41) is 6.49. The second-order valence-corrected chi connectivity index (χ2v) is 16.3. The summed E-state index contributed by atoms with van der Waals surface area (Å²) in [5.41, 5.74) is -0.435. The van der Waals surface area contributed by atoms with Gasteiger partial charge in [0.15, 0.2) is 0 Å². The van der Waals surface area contributed by atoms with Crippen LogP contribution in [0.2, 0.25) is 0 Å². The maximum atomic E-state index is 14.1. The summed E-state index contributed by atoms with van der Waals surface area (Å²) in [4.78, 5) is 59.8. The molecule has 0 radical (unpaired) electrons. The molecule has 1 saturated heterocycles. The predicted molar refractivity (Wildman–Crippen MR) is 195 cm³/mol. The number of hydrogen-bond acceptors (Lipinski definition) is 10. The molecule has 3 rings (SSSR count). The minimum atomic E-state index is -5.13. The van der Waals surface area contributed by atoms with Crippen LogP contribution in [0.5, 0.6) is 0 Å². The smallest absolute Gasteiger partial charge is 0.371 e. The monoisotopic (exact) mass is 788 g/mol. The Morgan fingerprint density at radius 2 is 1.83 bits per heavy atom. The molecule has 0 saturated carbocycles. The summed E-state index contributed by atoms with van der Waals surface area (Å²) in [5.74, 6) is -4.56. The highest BCUT2D eigenvalue weighted by molar-refractivity contribution is 7.89. The molecule has 1 aromatic heterocycles. The number of thiazole rings is 1. The van der Waals surface area contributed by atoms with E-state index in [-0.39, 0.29) is 59.3 Å². The molecule has 53 heavy (non-hydrogen) atoms. The van der Waals surface area contributed by atoms with E-state index in [1.54, 1.807) is 24.2 Å². The van der Waals surface area contributed by atoms with Crippen molar-refractivity contribution in [3.63, 3.8) is 0 Å². The zero-order valence-corrected chi connectivity index (χ0v) is 32.8. The number of aromatic nitrogens is 1. The first-order valence-corrected chi connectivity index (χ1v) is 20.2. The van der Waals surface area contributed by atoms with E-state index in [9.17, 15) is 40.8 Å². The first kappa shape index (κ1) is 43.8. The van der Waals surface area contributed by atoms with Crippen LogP contribution >= 0.6 is 11.3 Å². The average molecular weight is 789 g/mol. The lowest BCUT2D eigenvalue weighted by Gasteiger charge is -2.38. The minimum absolute atomic E-state index is 0.0236. The maximum Gasteiger partial charge on any atom is 0.471 e. The van der Waals surface area contributed by atoms with E-state index in [4.69, 9.17) is 4.74 Å². The second-order valence-electron chi connectivity index (χ2n) is 13.7. The molecule has 1 aromatic carbocycles. The van der Waals surface area contributed by atoms with Gasteiger partial charge in [0.05, 0.1) is 11.8 Å². The molecule has 0 aliphatic carbocycles. The van der Waals surface area contributed by atoms with Crippen LogP contribution in [0.25, 0.3) is 0 Å². The molecule has 0 bridgehead atoms. The van der Waals surface area contributed by atoms with E-state index in [2.05, 4.69) is 10.3 Å². The highest BCUT2D eigenvalue weighted by atomic mass is 32.2. The second kappa shape index (κ2) is 19.1. The Labute approximate surface area is 313 Å². The predicted octanol–water partition coefficient (Wildman–Crippen LogP) is 4.87. The van der Waals surface area contributed by atoms with Crippen molar-refractivity contribution in [1.29, 1.82) is 0 Å². The van der Waals surface area contributed by atoms with Crippen molar-refractivity contribution in [2.45, 2.75) is 103 Å². The normalized spacial score (nSPS) is 17.8. The van der Waals surface area contributed by atoms with Gasteiger partial charge in [-0.15, -0.1) is 11.3 Å². The molecule has 4 amide bonds. The highest BCUT2D eigenvalue weighted by Gasteiger charge is 2.39. The van der Waals surface area contributed by atoms with Crippen LogP contribution in [-0.4, -0.2) is 98.4 Å². The molecular formula is C35H51F3N6O7S2. The van der Waals surface area contributed by atoms with E-state index < -0.39 is 45.9 Å². The van der Waals surface area contributed by atoms with Crippen molar-refractivity contribution in [2.24, 2.45) is 11.8 Å². The number of alkyl halides is 3. The third-order valence-electron chi connectivity index (χ3n) is 9.37. The van der Waals surface area contributed by atoms with E-state index in [1.807, 2.05) is 44.4 Å². The summed E-state index contributed by atoms with van der Waals surface area (Å²) in [6.45, 7) is 10.7. The number of amides is 4. The number of nitrogens with zero attached hydrogens (tertiary/aromatic N) is 3. The molecule has 296 valence electrons. The van der Waals surface area contributed by atoms with Crippen LogP contribution < -0.4 is 15.4 Å². The minimum Gasteiger partial charge on any atom is -0.371 e. The summed E-state index contributed by atoms with van der Waals surface area (Å²) in [7, 11) is -0.720. The molecule has 1 aliphatic rings. The lowest BCUT2D eigenvalue weighted by atomic mass is 9.92. The number of carbonyl (C=O) groups excluding carboxylic acids is 4.